The molecule has 0 unspecified atom stereocenters. The number of hydrogen-bond acceptors (Lipinski definition) is 4. The molecule has 0 N–H and O–H groups in total. The highest BCUT2D eigenvalue weighted by molar-refractivity contribution is 6.30. The number of rotatable bonds is 3. The van der Waals surface area contributed by atoms with Crippen LogP contribution in [0.5, 0.6) is 0 Å². The summed E-state index contributed by atoms with van der Waals surface area (Å²) < 4.78 is 0. The van der Waals surface area contributed by atoms with Crippen LogP contribution in [0.3, 0.4) is 0 Å². The second-order valence-electron chi connectivity index (χ2n) is 5.65. The normalized spacial score (nSPS) is 17.0. The van der Waals surface area contributed by atoms with E-state index in [9.17, 15) is 4.79 Å². The molecule has 120 valence electrons. The third-order valence-corrected chi connectivity index (χ3v) is 4.49. The predicted molar refractivity (Wildman–Crippen MR) is 89.4 cm³/mol. The molecule has 6 heteroatoms. The predicted octanol–water partition coefficient (Wildman–Crippen LogP) is 2.65. The Labute approximate surface area is 140 Å². The van der Waals surface area contributed by atoms with Crippen LogP contribution in [0.1, 0.15) is 29.0 Å². The van der Waals surface area contributed by atoms with Crippen LogP contribution >= 0.6 is 11.6 Å². The minimum absolute atomic E-state index is 0.0545. The van der Waals surface area contributed by atoms with E-state index in [0.717, 1.165) is 13.1 Å². The minimum Gasteiger partial charge on any atom is -0.335 e. The van der Waals surface area contributed by atoms with Crippen molar-refractivity contribution in [3.63, 3.8) is 0 Å². The Morgan fingerprint density at radius 3 is 2.65 bits per heavy atom. The van der Waals surface area contributed by atoms with E-state index < -0.39 is 0 Å². The fourth-order valence-corrected chi connectivity index (χ4v) is 2.99. The Kier molecular flexibility index (Phi) is 4.88. The first kappa shape index (κ1) is 15.9. The standard InChI is InChI=1S/C17H19ClN4O/c1-13(14-3-2-5-19-12-14)21-7-9-22(10-8-21)17(23)16-11-15(18)4-6-20-16/h2-6,11-13H,7-10H2,1H3/t13-/m0/s1. The summed E-state index contributed by atoms with van der Waals surface area (Å²) in [5.74, 6) is -0.0545. The van der Waals surface area contributed by atoms with Crippen LogP contribution in [0.4, 0.5) is 0 Å². The number of carbonyl (C=O) groups is 1. The van der Waals surface area contributed by atoms with Crippen LogP contribution in [0.2, 0.25) is 5.02 Å². The van der Waals surface area contributed by atoms with E-state index in [1.165, 1.54) is 5.56 Å². The average molecular weight is 331 g/mol. The largest absolute Gasteiger partial charge is 0.335 e. The van der Waals surface area contributed by atoms with Crippen molar-refractivity contribution in [2.24, 2.45) is 0 Å². The molecule has 1 atom stereocenters. The number of nitrogens with zero attached hydrogens (tertiary/aromatic N) is 4. The highest BCUT2D eigenvalue weighted by Crippen LogP contribution is 2.21. The van der Waals surface area contributed by atoms with Crippen molar-refractivity contribution < 1.29 is 4.79 Å². The van der Waals surface area contributed by atoms with E-state index in [2.05, 4.69) is 27.9 Å². The molecule has 1 amide bonds. The van der Waals surface area contributed by atoms with Crippen LogP contribution in [-0.4, -0.2) is 51.9 Å². The number of aromatic nitrogens is 2. The van der Waals surface area contributed by atoms with Gasteiger partial charge in [-0.25, -0.2) is 0 Å². The van der Waals surface area contributed by atoms with Crippen LogP contribution in [0, 0.1) is 0 Å². The molecule has 0 aliphatic carbocycles. The Morgan fingerprint density at radius 2 is 2.00 bits per heavy atom. The van der Waals surface area contributed by atoms with E-state index >= 15 is 0 Å². The van der Waals surface area contributed by atoms with Crippen LogP contribution < -0.4 is 0 Å². The van der Waals surface area contributed by atoms with Gasteiger partial charge in [-0.15, -0.1) is 0 Å². The summed E-state index contributed by atoms with van der Waals surface area (Å²) in [6.45, 7) is 5.23. The van der Waals surface area contributed by atoms with Gasteiger partial charge < -0.3 is 4.90 Å². The lowest BCUT2D eigenvalue weighted by molar-refractivity contribution is 0.0576. The number of carbonyl (C=O) groups excluding carboxylic acids is 1. The highest BCUT2D eigenvalue weighted by atomic mass is 35.5. The molecule has 2 aromatic heterocycles. The van der Waals surface area contributed by atoms with E-state index in [-0.39, 0.29) is 5.91 Å². The second kappa shape index (κ2) is 7.06. The maximum absolute atomic E-state index is 12.5. The maximum Gasteiger partial charge on any atom is 0.272 e. The molecule has 1 aliphatic heterocycles. The van der Waals surface area contributed by atoms with Gasteiger partial charge in [0.1, 0.15) is 5.69 Å². The van der Waals surface area contributed by atoms with Crippen molar-refractivity contribution >= 4 is 17.5 Å². The van der Waals surface area contributed by atoms with Gasteiger partial charge in [-0.1, -0.05) is 17.7 Å². The Hall–Kier alpha value is -1.98. The molecule has 5 nitrogen and oxygen atoms in total. The summed E-state index contributed by atoms with van der Waals surface area (Å²) in [7, 11) is 0. The molecular weight excluding hydrogens is 312 g/mol. The summed E-state index contributed by atoms with van der Waals surface area (Å²) in [5, 5.41) is 0.534. The first-order chi connectivity index (χ1) is 11.1. The molecule has 1 aliphatic rings. The van der Waals surface area contributed by atoms with Gasteiger partial charge in [0.05, 0.1) is 0 Å². The molecule has 0 bridgehead atoms. The van der Waals surface area contributed by atoms with Gasteiger partial charge in [-0.3, -0.25) is 19.7 Å². The molecule has 0 radical (unpaired) electrons. The Bertz CT molecular complexity index is 671. The Balaban J connectivity index is 1.61. The second-order valence-corrected chi connectivity index (χ2v) is 6.09. The highest BCUT2D eigenvalue weighted by Gasteiger charge is 2.26. The zero-order valence-electron chi connectivity index (χ0n) is 13.0. The number of pyridine rings is 2. The zero-order valence-corrected chi connectivity index (χ0v) is 13.8. The zero-order chi connectivity index (χ0) is 16.2. The summed E-state index contributed by atoms with van der Waals surface area (Å²) in [5.41, 5.74) is 1.61. The first-order valence-electron chi connectivity index (χ1n) is 7.70. The van der Waals surface area contributed by atoms with Gasteiger partial charge in [0, 0.05) is 55.8 Å². The van der Waals surface area contributed by atoms with Crippen LogP contribution in [-0.2, 0) is 0 Å². The lowest BCUT2D eigenvalue weighted by atomic mass is 10.1. The summed E-state index contributed by atoms with van der Waals surface area (Å²) in [6.07, 6.45) is 5.25. The van der Waals surface area contributed by atoms with Gasteiger partial charge in [-0.2, -0.15) is 0 Å². The van der Waals surface area contributed by atoms with Crippen LogP contribution in [0.15, 0.2) is 42.9 Å². The third kappa shape index (κ3) is 3.68. The Morgan fingerprint density at radius 1 is 1.22 bits per heavy atom. The maximum atomic E-state index is 12.5. The molecule has 1 saturated heterocycles. The van der Waals surface area contributed by atoms with Crippen LogP contribution in [0.25, 0.3) is 0 Å². The lowest BCUT2D eigenvalue weighted by Crippen LogP contribution is -2.49. The monoisotopic (exact) mass is 330 g/mol. The van der Waals surface area contributed by atoms with E-state index in [4.69, 9.17) is 11.6 Å². The fraction of sp³-hybridized carbons (Fsp3) is 0.353. The lowest BCUT2D eigenvalue weighted by Gasteiger charge is -2.38. The molecule has 3 rings (SSSR count). The van der Waals surface area contributed by atoms with E-state index in [0.29, 0.717) is 29.8 Å². The fourth-order valence-electron chi connectivity index (χ4n) is 2.83. The van der Waals surface area contributed by atoms with Crippen molar-refractivity contribution in [2.75, 3.05) is 26.2 Å². The van der Waals surface area contributed by atoms with Crippen molar-refractivity contribution in [3.05, 3.63) is 59.1 Å². The molecule has 23 heavy (non-hydrogen) atoms. The SMILES string of the molecule is C[C@@H](c1cccnc1)N1CCN(C(=O)c2cc(Cl)ccn2)CC1. The van der Waals surface area contributed by atoms with Crippen molar-refractivity contribution in [1.29, 1.82) is 0 Å². The van der Waals surface area contributed by atoms with Crippen molar-refractivity contribution in [3.8, 4) is 0 Å². The van der Waals surface area contributed by atoms with Gasteiger partial charge in [0.15, 0.2) is 0 Å². The van der Waals surface area contributed by atoms with Gasteiger partial charge >= 0.3 is 0 Å². The summed E-state index contributed by atoms with van der Waals surface area (Å²) in [4.78, 5) is 25.0. The molecule has 0 aromatic carbocycles. The number of amides is 1. The van der Waals surface area contributed by atoms with E-state index in [1.54, 1.807) is 24.5 Å². The summed E-state index contributed by atoms with van der Waals surface area (Å²) >= 11 is 5.94. The third-order valence-electron chi connectivity index (χ3n) is 4.26. The molecule has 2 aromatic rings. The number of piperazine rings is 1. The molecule has 3 heterocycles. The van der Waals surface area contributed by atoms with Gasteiger partial charge in [0.2, 0.25) is 0 Å². The number of hydrogen-bond donors (Lipinski definition) is 0. The molecule has 1 fully saturated rings. The molecule has 0 saturated carbocycles. The molecular formula is C17H19ClN4O. The first-order valence-corrected chi connectivity index (χ1v) is 8.08. The molecule has 0 spiro atoms. The van der Waals surface area contributed by atoms with Gasteiger partial charge in [-0.05, 0) is 30.7 Å². The average Bonchev–Trinajstić information content (AvgIpc) is 2.61. The smallest absolute Gasteiger partial charge is 0.272 e. The number of halogens is 1. The minimum atomic E-state index is -0.0545. The van der Waals surface area contributed by atoms with Crippen molar-refractivity contribution in [1.82, 2.24) is 19.8 Å². The van der Waals surface area contributed by atoms with E-state index in [1.807, 2.05) is 17.2 Å². The summed E-state index contributed by atoms with van der Waals surface area (Å²) in [6, 6.07) is 7.63. The topological polar surface area (TPSA) is 49.3 Å². The van der Waals surface area contributed by atoms with Gasteiger partial charge in [0.25, 0.3) is 5.91 Å². The quantitative estimate of drug-likeness (QED) is 0.868. The van der Waals surface area contributed by atoms with Crippen molar-refractivity contribution in [2.45, 2.75) is 13.0 Å².